The molecule has 0 aliphatic heterocycles. The fourth-order valence-corrected chi connectivity index (χ4v) is 2.08. The minimum atomic E-state index is -0.0535. The van der Waals surface area contributed by atoms with E-state index >= 15 is 0 Å². The van der Waals surface area contributed by atoms with Gasteiger partial charge in [-0.3, -0.25) is 0 Å². The number of ether oxygens (including phenoxy) is 1. The van der Waals surface area contributed by atoms with E-state index in [1.165, 1.54) is 0 Å². The summed E-state index contributed by atoms with van der Waals surface area (Å²) in [6.45, 7) is 7.12. The zero-order chi connectivity index (χ0) is 13.8. The summed E-state index contributed by atoms with van der Waals surface area (Å²) in [6, 6.07) is 0. The first-order valence-corrected chi connectivity index (χ1v) is 6.39. The van der Waals surface area contributed by atoms with Crippen LogP contribution in [0.25, 0.3) is 0 Å². The van der Waals surface area contributed by atoms with E-state index in [1.54, 1.807) is 11.8 Å². The number of aliphatic hydroxyl groups is 1. The Bertz CT molecular complexity index is 390. The van der Waals surface area contributed by atoms with Crippen LogP contribution >= 0.6 is 0 Å². The third-order valence-corrected chi connectivity index (χ3v) is 3.62. The lowest BCUT2D eigenvalue weighted by atomic mass is 9.94. The van der Waals surface area contributed by atoms with Crippen LogP contribution in [0, 0.1) is 6.92 Å². The normalized spacial score (nSPS) is 14.6. The molecule has 0 saturated carbocycles. The van der Waals surface area contributed by atoms with Gasteiger partial charge in [-0.15, -0.1) is 0 Å². The van der Waals surface area contributed by atoms with Gasteiger partial charge in [-0.1, -0.05) is 6.92 Å². The van der Waals surface area contributed by atoms with Gasteiger partial charge >= 0.3 is 0 Å². The van der Waals surface area contributed by atoms with Gasteiger partial charge in [-0.25, -0.2) is 4.68 Å². The van der Waals surface area contributed by atoms with Crippen molar-refractivity contribution < 1.29 is 9.84 Å². The molecule has 1 unspecified atom stereocenters. The Kier molecular flexibility index (Phi) is 5.16. The molecule has 0 bridgehead atoms. The van der Waals surface area contributed by atoms with Crippen LogP contribution in [-0.4, -0.2) is 34.1 Å². The first-order chi connectivity index (χ1) is 8.47. The van der Waals surface area contributed by atoms with E-state index in [4.69, 9.17) is 9.84 Å². The molecule has 0 aromatic carbocycles. The summed E-state index contributed by atoms with van der Waals surface area (Å²) >= 11 is 0. The molecule has 1 heterocycles. The molecule has 0 saturated heterocycles. The molecule has 18 heavy (non-hydrogen) atoms. The Morgan fingerprint density at radius 2 is 2.17 bits per heavy atom. The van der Waals surface area contributed by atoms with Gasteiger partial charge in [0.1, 0.15) is 0 Å². The molecule has 0 aliphatic rings. The highest BCUT2D eigenvalue weighted by Gasteiger charge is 2.22. The van der Waals surface area contributed by atoms with E-state index in [9.17, 15) is 0 Å². The second-order valence-electron chi connectivity index (χ2n) is 4.94. The van der Waals surface area contributed by atoms with E-state index in [2.05, 4.69) is 24.3 Å². The number of aromatic nitrogens is 2. The number of hydrogen-bond donors (Lipinski definition) is 2. The van der Waals surface area contributed by atoms with Gasteiger partial charge in [0.15, 0.2) is 0 Å². The van der Waals surface area contributed by atoms with E-state index < -0.39 is 0 Å². The first kappa shape index (κ1) is 15.0. The van der Waals surface area contributed by atoms with Crippen molar-refractivity contribution in [1.29, 1.82) is 0 Å². The molecular weight excluding hydrogens is 230 g/mol. The third-order valence-electron chi connectivity index (χ3n) is 3.62. The molecule has 1 aromatic heterocycles. The van der Waals surface area contributed by atoms with Crippen molar-refractivity contribution >= 4 is 0 Å². The molecule has 5 nitrogen and oxygen atoms in total. The maximum atomic E-state index is 9.11. The quantitative estimate of drug-likeness (QED) is 0.773. The molecular formula is C13H25N3O2. The number of rotatable bonds is 7. The van der Waals surface area contributed by atoms with Crippen molar-refractivity contribution in [1.82, 2.24) is 15.1 Å². The van der Waals surface area contributed by atoms with Crippen LogP contribution in [0.2, 0.25) is 0 Å². The SMILES string of the molecule is CCC(C)(CCO)NCc1c(C)nn(C)c1OC. The van der Waals surface area contributed by atoms with Crippen molar-refractivity contribution in [3.8, 4) is 5.88 Å². The number of hydrogen-bond acceptors (Lipinski definition) is 4. The Morgan fingerprint density at radius 3 is 2.67 bits per heavy atom. The van der Waals surface area contributed by atoms with Crippen LogP contribution in [0.1, 0.15) is 37.9 Å². The van der Waals surface area contributed by atoms with E-state index in [-0.39, 0.29) is 12.1 Å². The summed E-state index contributed by atoms with van der Waals surface area (Å²) in [6.07, 6.45) is 1.71. The highest BCUT2D eigenvalue weighted by molar-refractivity contribution is 5.30. The number of nitrogens with one attached hydrogen (secondary N) is 1. The predicted octanol–water partition coefficient (Wildman–Crippen LogP) is 1.38. The van der Waals surface area contributed by atoms with Gasteiger partial charge in [-0.05, 0) is 26.7 Å². The van der Waals surface area contributed by atoms with Crippen LogP contribution in [0.5, 0.6) is 5.88 Å². The van der Waals surface area contributed by atoms with Crippen molar-refractivity contribution in [2.45, 2.75) is 45.7 Å². The molecule has 1 atom stereocenters. The van der Waals surface area contributed by atoms with Crippen LogP contribution < -0.4 is 10.1 Å². The Morgan fingerprint density at radius 1 is 1.50 bits per heavy atom. The van der Waals surface area contributed by atoms with Gasteiger partial charge in [0.2, 0.25) is 5.88 Å². The largest absolute Gasteiger partial charge is 0.481 e. The average Bonchev–Trinajstić information content (AvgIpc) is 2.61. The molecule has 1 aromatic rings. The van der Waals surface area contributed by atoms with Gasteiger partial charge in [0.25, 0.3) is 0 Å². The average molecular weight is 255 g/mol. The van der Waals surface area contributed by atoms with E-state index in [0.29, 0.717) is 6.54 Å². The topological polar surface area (TPSA) is 59.3 Å². The van der Waals surface area contributed by atoms with Gasteiger partial charge < -0.3 is 15.2 Å². The maximum Gasteiger partial charge on any atom is 0.216 e. The monoisotopic (exact) mass is 255 g/mol. The van der Waals surface area contributed by atoms with Crippen molar-refractivity contribution in [3.05, 3.63) is 11.3 Å². The highest BCUT2D eigenvalue weighted by Crippen LogP contribution is 2.22. The smallest absolute Gasteiger partial charge is 0.216 e. The highest BCUT2D eigenvalue weighted by atomic mass is 16.5. The molecule has 2 N–H and O–H groups in total. The molecule has 104 valence electrons. The molecule has 0 spiro atoms. The van der Waals surface area contributed by atoms with Gasteiger partial charge in [-0.2, -0.15) is 5.10 Å². The Hall–Kier alpha value is -1.07. The zero-order valence-electron chi connectivity index (χ0n) is 12.1. The van der Waals surface area contributed by atoms with E-state index in [1.807, 2.05) is 14.0 Å². The number of methoxy groups -OCH3 is 1. The number of aliphatic hydroxyl groups excluding tert-OH is 1. The lowest BCUT2D eigenvalue weighted by Gasteiger charge is -2.29. The minimum absolute atomic E-state index is 0.0535. The molecule has 0 amide bonds. The second-order valence-corrected chi connectivity index (χ2v) is 4.94. The van der Waals surface area contributed by atoms with Crippen LogP contribution in [-0.2, 0) is 13.6 Å². The second kappa shape index (κ2) is 6.20. The molecule has 0 fully saturated rings. The van der Waals surface area contributed by atoms with Crippen molar-refractivity contribution in [2.75, 3.05) is 13.7 Å². The molecule has 0 radical (unpaired) electrons. The van der Waals surface area contributed by atoms with Gasteiger partial charge in [0.05, 0.1) is 18.4 Å². The summed E-state index contributed by atoms with van der Waals surface area (Å²) in [4.78, 5) is 0. The minimum Gasteiger partial charge on any atom is -0.481 e. The fourth-order valence-electron chi connectivity index (χ4n) is 2.08. The fraction of sp³-hybridized carbons (Fsp3) is 0.769. The molecule has 1 rings (SSSR count). The number of aryl methyl sites for hydroxylation is 2. The first-order valence-electron chi connectivity index (χ1n) is 6.39. The summed E-state index contributed by atoms with van der Waals surface area (Å²) < 4.78 is 7.12. The maximum absolute atomic E-state index is 9.11. The number of nitrogens with zero attached hydrogens (tertiary/aromatic N) is 2. The summed E-state index contributed by atoms with van der Waals surface area (Å²) in [5, 5.41) is 17.0. The standard InChI is InChI=1S/C13H25N3O2/c1-6-13(3,7-8-17)14-9-11-10(2)15-16(4)12(11)18-5/h14,17H,6-9H2,1-5H3. The van der Waals surface area contributed by atoms with E-state index in [0.717, 1.165) is 30.0 Å². The molecule has 5 heteroatoms. The van der Waals surface area contributed by atoms with Crippen LogP contribution in [0.3, 0.4) is 0 Å². The predicted molar refractivity (Wildman–Crippen MR) is 71.7 cm³/mol. The zero-order valence-corrected chi connectivity index (χ0v) is 12.1. The van der Waals surface area contributed by atoms with Crippen molar-refractivity contribution in [2.24, 2.45) is 7.05 Å². The lowest BCUT2D eigenvalue weighted by Crippen LogP contribution is -2.42. The van der Waals surface area contributed by atoms with Crippen molar-refractivity contribution in [3.63, 3.8) is 0 Å². The summed E-state index contributed by atoms with van der Waals surface area (Å²) in [5.41, 5.74) is 2.00. The molecule has 0 aliphatic carbocycles. The van der Waals surface area contributed by atoms with Gasteiger partial charge in [0, 0.05) is 25.7 Å². The Balaban J connectivity index is 2.79. The van der Waals surface area contributed by atoms with Crippen LogP contribution in [0.15, 0.2) is 0 Å². The third kappa shape index (κ3) is 3.23. The summed E-state index contributed by atoms with van der Waals surface area (Å²) in [5.74, 6) is 0.794. The lowest BCUT2D eigenvalue weighted by molar-refractivity contribution is 0.214. The summed E-state index contributed by atoms with van der Waals surface area (Å²) in [7, 11) is 3.54. The van der Waals surface area contributed by atoms with Crippen LogP contribution in [0.4, 0.5) is 0 Å². The Labute approximate surface area is 109 Å².